The molecule has 1 aliphatic carbocycles. The Kier molecular flexibility index (Phi) is 2.50. The van der Waals surface area contributed by atoms with Gasteiger partial charge in [0.05, 0.1) is 6.04 Å². The van der Waals surface area contributed by atoms with Crippen LogP contribution >= 0.6 is 0 Å². The Morgan fingerprint density at radius 2 is 2.08 bits per heavy atom. The van der Waals surface area contributed by atoms with Crippen LogP contribution in [-0.2, 0) is 0 Å². The summed E-state index contributed by atoms with van der Waals surface area (Å²) < 4.78 is 0. The summed E-state index contributed by atoms with van der Waals surface area (Å²) in [6.45, 7) is 0. The van der Waals surface area contributed by atoms with Gasteiger partial charge in [-0.3, -0.25) is 0 Å². The smallest absolute Gasteiger partial charge is 0.0691 e. The summed E-state index contributed by atoms with van der Waals surface area (Å²) in [6.07, 6.45) is 16.5. The van der Waals surface area contributed by atoms with Crippen LogP contribution in [0.2, 0.25) is 0 Å². The van der Waals surface area contributed by atoms with Crippen LogP contribution < -0.4 is 5.84 Å². The Labute approximate surface area is 79.4 Å². The van der Waals surface area contributed by atoms with Gasteiger partial charge >= 0.3 is 0 Å². The molecule has 2 atom stereocenters. The highest BCUT2D eigenvalue weighted by molar-refractivity contribution is 5.18. The van der Waals surface area contributed by atoms with Gasteiger partial charge in [-0.1, -0.05) is 30.4 Å². The summed E-state index contributed by atoms with van der Waals surface area (Å²) in [6, 6.07) is 0.363. The van der Waals surface area contributed by atoms with Crippen molar-refractivity contribution in [1.82, 2.24) is 5.01 Å². The van der Waals surface area contributed by atoms with E-state index in [0.717, 1.165) is 6.42 Å². The van der Waals surface area contributed by atoms with Crippen LogP contribution in [0, 0.1) is 5.92 Å². The molecule has 2 aliphatic rings. The molecule has 70 valence electrons. The Morgan fingerprint density at radius 1 is 1.23 bits per heavy atom. The second-order valence-electron chi connectivity index (χ2n) is 3.69. The van der Waals surface area contributed by atoms with E-state index in [2.05, 4.69) is 30.4 Å². The van der Waals surface area contributed by atoms with Crippen molar-refractivity contribution in [3.05, 3.63) is 36.6 Å². The predicted octanol–water partition coefficient (Wildman–Crippen LogP) is 1.97. The maximum atomic E-state index is 5.92. The van der Waals surface area contributed by atoms with E-state index in [-0.39, 0.29) is 0 Å². The first-order chi connectivity index (χ1) is 6.38. The summed E-state index contributed by atoms with van der Waals surface area (Å²) in [7, 11) is 0. The van der Waals surface area contributed by atoms with Gasteiger partial charge in [-0.25, -0.2) is 5.84 Å². The maximum absolute atomic E-state index is 5.92. The molecule has 1 aliphatic heterocycles. The summed E-state index contributed by atoms with van der Waals surface area (Å²) in [5.41, 5.74) is 0. The minimum atomic E-state index is 0.363. The Morgan fingerprint density at radius 3 is 3.00 bits per heavy atom. The fourth-order valence-corrected chi connectivity index (χ4v) is 2.00. The van der Waals surface area contributed by atoms with Gasteiger partial charge in [0.25, 0.3) is 0 Å². The zero-order valence-corrected chi connectivity index (χ0v) is 7.76. The van der Waals surface area contributed by atoms with Crippen molar-refractivity contribution in [2.45, 2.75) is 25.3 Å². The van der Waals surface area contributed by atoms with Crippen molar-refractivity contribution in [1.29, 1.82) is 0 Å². The number of nitrogens with two attached hydrogens (primary N) is 1. The number of rotatable bonds is 0. The highest BCUT2D eigenvalue weighted by atomic mass is 15.4. The molecule has 2 heteroatoms. The third-order valence-corrected chi connectivity index (χ3v) is 2.75. The number of hydrogen-bond donors (Lipinski definition) is 1. The van der Waals surface area contributed by atoms with Crippen LogP contribution in [0.5, 0.6) is 0 Å². The van der Waals surface area contributed by atoms with Crippen LogP contribution in [0.15, 0.2) is 36.6 Å². The van der Waals surface area contributed by atoms with Crippen LogP contribution in [0.3, 0.4) is 0 Å². The van der Waals surface area contributed by atoms with E-state index < -0.39 is 0 Å². The summed E-state index contributed by atoms with van der Waals surface area (Å²) in [5, 5.41) is 1.82. The first-order valence-electron chi connectivity index (χ1n) is 4.92. The van der Waals surface area contributed by atoms with E-state index in [9.17, 15) is 0 Å². The third-order valence-electron chi connectivity index (χ3n) is 2.75. The van der Waals surface area contributed by atoms with Crippen molar-refractivity contribution >= 4 is 0 Å². The minimum Gasteiger partial charge on any atom is -0.311 e. The molecule has 1 heterocycles. The molecule has 2 rings (SSSR count). The van der Waals surface area contributed by atoms with Gasteiger partial charge in [-0.05, 0) is 19.3 Å². The van der Waals surface area contributed by atoms with Gasteiger partial charge < -0.3 is 5.01 Å². The zero-order valence-electron chi connectivity index (χ0n) is 7.76. The number of nitrogens with zero attached hydrogens (tertiary/aromatic N) is 1. The fraction of sp³-hybridized carbons (Fsp3) is 0.455. The predicted molar refractivity (Wildman–Crippen MR) is 54.6 cm³/mol. The number of allylic oxidation sites excluding steroid dienone is 3. The molecule has 0 saturated carbocycles. The summed E-state index contributed by atoms with van der Waals surface area (Å²) >= 11 is 0. The first-order valence-corrected chi connectivity index (χ1v) is 4.92. The van der Waals surface area contributed by atoms with Crippen molar-refractivity contribution in [2.24, 2.45) is 11.8 Å². The van der Waals surface area contributed by atoms with Crippen LogP contribution in [0.4, 0.5) is 0 Å². The quantitative estimate of drug-likeness (QED) is 0.572. The minimum absolute atomic E-state index is 0.363. The lowest BCUT2D eigenvalue weighted by Crippen LogP contribution is -2.41. The number of fused-ring (bicyclic) bond motifs is 1. The van der Waals surface area contributed by atoms with Crippen LogP contribution in [0.1, 0.15) is 19.3 Å². The van der Waals surface area contributed by atoms with E-state index in [4.69, 9.17) is 5.84 Å². The standard InChI is InChI=1S/C11H16N2/c12-13-9-5-1-2-6-10-7-3-4-8-11(10)13/h3-5,7-11H,1-2,6,12H2. The normalized spacial score (nSPS) is 32.5. The van der Waals surface area contributed by atoms with E-state index in [1.165, 1.54) is 12.8 Å². The molecule has 0 radical (unpaired) electrons. The maximum Gasteiger partial charge on any atom is 0.0691 e. The average molecular weight is 176 g/mol. The van der Waals surface area contributed by atoms with E-state index in [1.54, 1.807) is 0 Å². The highest BCUT2D eigenvalue weighted by Gasteiger charge is 2.21. The van der Waals surface area contributed by atoms with Crippen LogP contribution in [0.25, 0.3) is 0 Å². The van der Waals surface area contributed by atoms with E-state index >= 15 is 0 Å². The number of hydrazine groups is 1. The lowest BCUT2D eigenvalue weighted by molar-refractivity contribution is 0.257. The molecule has 0 fully saturated rings. The Balaban J connectivity index is 2.17. The van der Waals surface area contributed by atoms with Crippen molar-refractivity contribution in [3.63, 3.8) is 0 Å². The Hall–Kier alpha value is -1.02. The van der Waals surface area contributed by atoms with Gasteiger partial charge in [-0.15, -0.1) is 0 Å². The van der Waals surface area contributed by atoms with Gasteiger partial charge in [-0.2, -0.15) is 0 Å². The van der Waals surface area contributed by atoms with Crippen molar-refractivity contribution < 1.29 is 0 Å². The lowest BCUT2D eigenvalue weighted by Gasteiger charge is -2.32. The van der Waals surface area contributed by atoms with Gasteiger partial charge in [0.15, 0.2) is 0 Å². The SMILES string of the molecule is NN1C=CCCCC2C=CC=CC21. The van der Waals surface area contributed by atoms with Gasteiger partial charge in [0, 0.05) is 12.1 Å². The second-order valence-corrected chi connectivity index (χ2v) is 3.69. The van der Waals surface area contributed by atoms with E-state index in [1.807, 2.05) is 11.2 Å². The third kappa shape index (κ3) is 1.83. The van der Waals surface area contributed by atoms with Gasteiger partial charge in [0.1, 0.15) is 0 Å². The molecule has 2 unspecified atom stereocenters. The van der Waals surface area contributed by atoms with E-state index in [0.29, 0.717) is 12.0 Å². The molecular weight excluding hydrogens is 160 g/mol. The second kappa shape index (κ2) is 3.79. The fourth-order valence-electron chi connectivity index (χ4n) is 2.00. The topological polar surface area (TPSA) is 29.3 Å². The summed E-state index contributed by atoms with van der Waals surface area (Å²) in [4.78, 5) is 0. The number of hydrogen-bond acceptors (Lipinski definition) is 2. The van der Waals surface area contributed by atoms with Crippen LogP contribution in [-0.4, -0.2) is 11.1 Å². The zero-order chi connectivity index (χ0) is 9.10. The molecule has 0 aromatic heterocycles. The van der Waals surface area contributed by atoms with Gasteiger partial charge in [0.2, 0.25) is 0 Å². The largest absolute Gasteiger partial charge is 0.311 e. The molecule has 0 aromatic rings. The van der Waals surface area contributed by atoms with Crippen molar-refractivity contribution in [2.75, 3.05) is 0 Å². The monoisotopic (exact) mass is 176 g/mol. The highest BCUT2D eigenvalue weighted by Crippen LogP contribution is 2.24. The summed E-state index contributed by atoms with van der Waals surface area (Å²) in [5.74, 6) is 6.52. The first kappa shape index (κ1) is 8.57. The molecule has 0 amide bonds. The molecule has 0 spiro atoms. The Bertz CT molecular complexity index is 253. The molecular formula is C11H16N2. The molecule has 0 aromatic carbocycles. The lowest BCUT2D eigenvalue weighted by atomic mass is 9.89. The van der Waals surface area contributed by atoms with Crippen molar-refractivity contribution in [3.8, 4) is 0 Å². The average Bonchev–Trinajstić information content (AvgIpc) is 2.14. The molecule has 13 heavy (non-hydrogen) atoms. The molecule has 2 N–H and O–H groups in total. The molecule has 0 bridgehead atoms. The molecule has 2 nitrogen and oxygen atoms in total. The molecule has 0 saturated heterocycles.